The summed E-state index contributed by atoms with van der Waals surface area (Å²) in [5.41, 5.74) is 0.922. The van der Waals surface area contributed by atoms with Crippen molar-refractivity contribution >= 4 is 11.7 Å². The third-order valence-electron chi connectivity index (χ3n) is 5.67. The molecular formula is C24H34N2O2. The molecule has 1 amide bonds. The van der Waals surface area contributed by atoms with Crippen molar-refractivity contribution in [1.82, 2.24) is 5.32 Å². The fourth-order valence-electron chi connectivity index (χ4n) is 3.52. The van der Waals surface area contributed by atoms with Crippen LogP contribution in [0, 0.1) is 16.7 Å². The number of rotatable bonds is 14. The Morgan fingerprint density at radius 1 is 1.04 bits per heavy atom. The van der Waals surface area contributed by atoms with Crippen molar-refractivity contribution in [2.24, 2.45) is 5.41 Å². The molecule has 1 fully saturated rings. The zero-order valence-corrected chi connectivity index (χ0v) is 17.3. The monoisotopic (exact) mass is 382 g/mol. The van der Waals surface area contributed by atoms with Crippen LogP contribution in [0.4, 0.5) is 0 Å². The Hall–Kier alpha value is -2.15. The fraction of sp³-hybridized carbons (Fsp3) is 0.625. The van der Waals surface area contributed by atoms with Crippen LogP contribution >= 0.6 is 0 Å². The summed E-state index contributed by atoms with van der Waals surface area (Å²) in [5.74, 6) is -0.412. The number of ketones is 1. The number of carbonyl (C=O) groups is 2. The summed E-state index contributed by atoms with van der Waals surface area (Å²) in [4.78, 5) is 24.3. The molecule has 1 aliphatic carbocycles. The van der Waals surface area contributed by atoms with E-state index in [9.17, 15) is 9.59 Å². The average Bonchev–Trinajstić information content (AvgIpc) is 3.52. The van der Waals surface area contributed by atoms with E-state index in [1.807, 2.05) is 12.1 Å². The fourth-order valence-corrected chi connectivity index (χ4v) is 3.52. The summed E-state index contributed by atoms with van der Waals surface area (Å²) in [5, 5.41) is 11.7. The summed E-state index contributed by atoms with van der Waals surface area (Å²) < 4.78 is 0. The molecule has 1 aromatic carbocycles. The number of benzene rings is 1. The van der Waals surface area contributed by atoms with Gasteiger partial charge in [0.15, 0.2) is 5.78 Å². The molecule has 0 atom stereocenters. The normalized spacial score (nSPS) is 14.3. The molecule has 0 spiro atoms. The van der Waals surface area contributed by atoms with Gasteiger partial charge in [0.1, 0.15) is 5.41 Å². The van der Waals surface area contributed by atoms with Crippen LogP contribution in [0.25, 0.3) is 0 Å². The van der Waals surface area contributed by atoms with Crippen LogP contribution in [0.1, 0.15) is 93.5 Å². The van der Waals surface area contributed by atoms with Gasteiger partial charge in [-0.05, 0) is 43.4 Å². The predicted octanol–water partition coefficient (Wildman–Crippen LogP) is 5.36. The van der Waals surface area contributed by atoms with Crippen LogP contribution in [0.2, 0.25) is 0 Å². The van der Waals surface area contributed by atoms with Gasteiger partial charge in [0.05, 0.1) is 12.6 Å². The van der Waals surface area contributed by atoms with Crippen LogP contribution in [0.5, 0.6) is 0 Å². The molecule has 152 valence electrons. The van der Waals surface area contributed by atoms with Gasteiger partial charge in [0, 0.05) is 5.56 Å². The highest BCUT2D eigenvalue weighted by molar-refractivity contribution is 5.99. The highest BCUT2D eigenvalue weighted by atomic mass is 16.2. The van der Waals surface area contributed by atoms with E-state index in [-0.39, 0.29) is 18.2 Å². The van der Waals surface area contributed by atoms with E-state index < -0.39 is 5.41 Å². The van der Waals surface area contributed by atoms with Gasteiger partial charge in [-0.1, -0.05) is 70.4 Å². The van der Waals surface area contributed by atoms with Gasteiger partial charge in [-0.2, -0.15) is 5.26 Å². The number of aryl methyl sites for hydroxylation is 1. The molecule has 0 radical (unpaired) electrons. The first-order chi connectivity index (χ1) is 13.6. The summed E-state index contributed by atoms with van der Waals surface area (Å²) in [6.45, 7) is 2.19. The Balaban J connectivity index is 1.65. The van der Waals surface area contributed by atoms with E-state index >= 15 is 0 Å². The average molecular weight is 383 g/mol. The number of hydrogen-bond acceptors (Lipinski definition) is 3. The molecule has 0 unspecified atom stereocenters. The van der Waals surface area contributed by atoms with Gasteiger partial charge in [-0.25, -0.2) is 0 Å². The quantitative estimate of drug-likeness (QED) is 0.440. The largest absolute Gasteiger partial charge is 0.345 e. The van der Waals surface area contributed by atoms with Crippen molar-refractivity contribution in [3.63, 3.8) is 0 Å². The molecule has 1 aromatic rings. The number of hydrogen-bond donors (Lipinski definition) is 1. The molecule has 28 heavy (non-hydrogen) atoms. The lowest BCUT2D eigenvalue weighted by Gasteiger charge is -2.08. The summed E-state index contributed by atoms with van der Waals surface area (Å²) in [6, 6.07) is 9.72. The Kier molecular flexibility index (Phi) is 9.20. The summed E-state index contributed by atoms with van der Waals surface area (Å²) in [7, 11) is 0. The second-order valence-corrected chi connectivity index (χ2v) is 8.08. The van der Waals surface area contributed by atoms with Gasteiger partial charge in [-0.15, -0.1) is 0 Å². The molecule has 1 saturated carbocycles. The van der Waals surface area contributed by atoms with Crippen LogP contribution in [-0.2, 0) is 11.2 Å². The van der Waals surface area contributed by atoms with Gasteiger partial charge in [0.2, 0.25) is 0 Å². The van der Waals surface area contributed by atoms with Gasteiger partial charge in [-0.3, -0.25) is 9.59 Å². The number of Topliss-reactive ketones (excluding diaryl/α,β-unsaturated/α-hetero) is 1. The van der Waals surface area contributed by atoms with Gasteiger partial charge < -0.3 is 5.32 Å². The van der Waals surface area contributed by atoms with E-state index in [0.29, 0.717) is 18.4 Å². The topological polar surface area (TPSA) is 70.0 Å². The second kappa shape index (κ2) is 11.6. The zero-order chi connectivity index (χ0) is 20.2. The maximum absolute atomic E-state index is 12.3. The van der Waals surface area contributed by atoms with Crippen molar-refractivity contribution in [3.8, 4) is 6.07 Å². The number of unbranched alkanes of at least 4 members (excludes halogenated alkanes) is 8. The molecule has 0 aromatic heterocycles. The van der Waals surface area contributed by atoms with E-state index in [2.05, 4.69) is 24.4 Å². The van der Waals surface area contributed by atoms with Crippen LogP contribution in [0.15, 0.2) is 24.3 Å². The first-order valence-electron chi connectivity index (χ1n) is 10.9. The molecule has 0 aliphatic heterocycles. The first-order valence-corrected chi connectivity index (χ1v) is 10.9. The Labute approximate surface area is 169 Å². The Bertz CT molecular complexity index is 686. The standard InChI is InChI=1S/C24H34N2O2/c1-2-3-4-5-6-7-8-9-10-12-20-13-11-14-21(17-20)23(28)26-18-22(27)24(19-25)15-16-24/h11,13-14,17H,2-10,12,15-16,18H2,1H3,(H,26,28). The molecule has 0 heterocycles. The Morgan fingerprint density at radius 2 is 1.68 bits per heavy atom. The van der Waals surface area contributed by atoms with Crippen LogP contribution in [-0.4, -0.2) is 18.2 Å². The van der Waals surface area contributed by atoms with Crippen LogP contribution in [0.3, 0.4) is 0 Å². The number of nitrogens with one attached hydrogen (secondary N) is 1. The molecule has 1 aliphatic rings. The third-order valence-corrected chi connectivity index (χ3v) is 5.67. The van der Waals surface area contributed by atoms with Crippen molar-refractivity contribution in [2.75, 3.05) is 6.54 Å². The lowest BCUT2D eigenvalue weighted by molar-refractivity contribution is -0.121. The highest BCUT2D eigenvalue weighted by Crippen LogP contribution is 2.45. The number of amides is 1. The van der Waals surface area contributed by atoms with E-state index in [4.69, 9.17) is 5.26 Å². The van der Waals surface area contributed by atoms with Gasteiger partial charge >= 0.3 is 0 Å². The van der Waals surface area contributed by atoms with Crippen molar-refractivity contribution in [1.29, 1.82) is 5.26 Å². The van der Waals surface area contributed by atoms with E-state index in [1.165, 1.54) is 51.4 Å². The van der Waals surface area contributed by atoms with Crippen molar-refractivity contribution in [3.05, 3.63) is 35.4 Å². The van der Waals surface area contributed by atoms with E-state index in [1.54, 1.807) is 6.07 Å². The minimum atomic E-state index is -0.828. The molecule has 2 rings (SSSR count). The Morgan fingerprint density at radius 3 is 2.29 bits per heavy atom. The lowest BCUT2D eigenvalue weighted by Crippen LogP contribution is -2.33. The SMILES string of the molecule is CCCCCCCCCCCc1cccc(C(=O)NCC(=O)C2(C#N)CC2)c1. The van der Waals surface area contributed by atoms with Crippen molar-refractivity contribution < 1.29 is 9.59 Å². The molecule has 4 heteroatoms. The zero-order valence-electron chi connectivity index (χ0n) is 17.3. The molecular weight excluding hydrogens is 348 g/mol. The smallest absolute Gasteiger partial charge is 0.251 e. The minimum Gasteiger partial charge on any atom is -0.345 e. The molecule has 0 bridgehead atoms. The van der Waals surface area contributed by atoms with E-state index in [0.717, 1.165) is 18.4 Å². The number of carbonyl (C=O) groups excluding carboxylic acids is 2. The maximum Gasteiger partial charge on any atom is 0.251 e. The van der Waals surface area contributed by atoms with Crippen LogP contribution < -0.4 is 5.32 Å². The highest BCUT2D eigenvalue weighted by Gasteiger charge is 2.49. The third kappa shape index (κ3) is 7.11. The maximum atomic E-state index is 12.3. The summed E-state index contributed by atoms with van der Waals surface area (Å²) in [6.07, 6.45) is 13.9. The predicted molar refractivity (Wildman–Crippen MR) is 112 cm³/mol. The first kappa shape index (κ1) is 22.1. The second-order valence-electron chi connectivity index (χ2n) is 8.08. The van der Waals surface area contributed by atoms with Crippen molar-refractivity contribution in [2.45, 2.75) is 84.0 Å². The lowest BCUT2D eigenvalue weighted by atomic mass is 10.0. The molecule has 1 N–H and O–H groups in total. The number of nitrogens with zero attached hydrogens (tertiary/aromatic N) is 1. The summed E-state index contributed by atoms with van der Waals surface area (Å²) >= 11 is 0. The molecule has 0 saturated heterocycles. The van der Waals surface area contributed by atoms with Gasteiger partial charge in [0.25, 0.3) is 5.91 Å². The minimum absolute atomic E-state index is 0.0606. The molecule has 4 nitrogen and oxygen atoms in total. The number of nitriles is 1.